The van der Waals surface area contributed by atoms with E-state index in [-0.39, 0.29) is 16.5 Å². The lowest BCUT2D eigenvalue weighted by Gasteiger charge is -2.06. The van der Waals surface area contributed by atoms with Crippen LogP contribution in [0.3, 0.4) is 0 Å². The van der Waals surface area contributed by atoms with Gasteiger partial charge in [0.15, 0.2) is 0 Å². The Labute approximate surface area is 104 Å². The van der Waals surface area contributed by atoms with E-state index < -0.39 is 10.0 Å². The molecule has 0 aliphatic rings. The number of hydrogen-bond acceptors (Lipinski definition) is 3. The lowest BCUT2D eigenvalue weighted by Crippen LogP contribution is -2.23. The molecule has 0 amide bonds. The molecular weight excluding hydrogens is 262 g/mol. The summed E-state index contributed by atoms with van der Waals surface area (Å²) in [5.41, 5.74) is 0.751. The highest BCUT2D eigenvalue weighted by Crippen LogP contribution is 2.20. The van der Waals surface area contributed by atoms with E-state index >= 15 is 0 Å². The Kier molecular flexibility index (Phi) is 3.46. The molecule has 1 aromatic carbocycles. The van der Waals surface area contributed by atoms with Crippen LogP contribution >= 0.6 is 11.6 Å². The number of aromatic nitrogens is 2. The Morgan fingerprint density at radius 2 is 2.12 bits per heavy atom. The number of halogens is 1. The molecule has 1 heterocycles. The van der Waals surface area contributed by atoms with Crippen molar-refractivity contribution in [2.75, 3.05) is 0 Å². The molecule has 2 rings (SSSR count). The fourth-order valence-corrected chi connectivity index (χ4v) is 2.83. The summed E-state index contributed by atoms with van der Waals surface area (Å²) in [6.07, 6.45) is 3.17. The number of nitrogens with one attached hydrogen (secondary N) is 2. The largest absolute Gasteiger partial charge is 0.285 e. The molecule has 5 nitrogen and oxygen atoms in total. The lowest BCUT2D eigenvalue weighted by atomic mass is 10.4. The van der Waals surface area contributed by atoms with Crippen LogP contribution in [0.1, 0.15) is 5.56 Å². The zero-order valence-electron chi connectivity index (χ0n) is 8.72. The number of aromatic amines is 1. The van der Waals surface area contributed by atoms with Gasteiger partial charge < -0.3 is 0 Å². The van der Waals surface area contributed by atoms with Crippen molar-refractivity contribution in [3.63, 3.8) is 0 Å². The molecule has 2 aromatic rings. The van der Waals surface area contributed by atoms with Gasteiger partial charge in [-0.1, -0.05) is 23.7 Å². The van der Waals surface area contributed by atoms with E-state index in [4.69, 9.17) is 11.6 Å². The molecule has 0 bridgehead atoms. The molecule has 0 fully saturated rings. The second-order valence-corrected chi connectivity index (χ2v) is 5.50. The maximum absolute atomic E-state index is 11.9. The van der Waals surface area contributed by atoms with E-state index in [0.29, 0.717) is 0 Å². The molecular formula is C10H10ClN3O2S. The molecule has 90 valence electrons. The zero-order chi connectivity index (χ0) is 12.3. The third-order valence-electron chi connectivity index (χ3n) is 2.15. The van der Waals surface area contributed by atoms with Gasteiger partial charge in [-0.3, -0.25) is 5.10 Å². The summed E-state index contributed by atoms with van der Waals surface area (Å²) in [5.74, 6) is 0. The Hall–Kier alpha value is -1.37. The van der Waals surface area contributed by atoms with E-state index in [2.05, 4.69) is 14.9 Å². The topological polar surface area (TPSA) is 74.8 Å². The first kappa shape index (κ1) is 12.1. The summed E-state index contributed by atoms with van der Waals surface area (Å²) >= 11 is 5.83. The molecule has 2 N–H and O–H groups in total. The van der Waals surface area contributed by atoms with Gasteiger partial charge in [0.1, 0.15) is 4.90 Å². The van der Waals surface area contributed by atoms with Crippen molar-refractivity contribution >= 4 is 21.6 Å². The van der Waals surface area contributed by atoms with Crippen molar-refractivity contribution in [3.8, 4) is 0 Å². The van der Waals surface area contributed by atoms with Crippen molar-refractivity contribution in [1.29, 1.82) is 0 Å². The average molecular weight is 272 g/mol. The zero-order valence-corrected chi connectivity index (χ0v) is 10.3. The SMILES string of the molecule is O=S(=O)(NCc1cn[nH]c1)c1ccccc1Cl. The van der Waals surface area contributed by atoms with Crippen molar-refractivity contribution in [3.05, 3.63) is 47.2 Å². The summed E-state index contributed by atoms with van der Waals surface area (Å²) in [6, 6.07) is 6.30. The number of sulfonamides is 1. The third-order valence-corrected chi connectivity index (χ3v) is 4.05. The molecule has 0 radical (unpaired) electrons. The van der Waals surface area contributed by atoms with Crippen LogP contribution in [0.2, 0.25) is 5.02 Å². The molecule has 0 atom stereocenters. The maximum atomic E-state index is 11.9. The van der Waals surface area contributed by atoms with Gasteiger partial charge in [0.05, 0.1) is 11.2 Å². The predicted octanol–water partition coefficient (Wildman–Crippen LogP) is 1.54. The van der Waals surface area contributed by atoms with Crippen molar-refractivity contribution < 1.29 is 8.42 Å². The fraction of sp³-hybridized carbons (Fsp3) is 0.100. The first-order valence-corrected chi connectivity index (χ1v) is 6.67. The molecule has 0 unspecified atom stereocenters. The van der Waals surface area contributed by atoms with Gasteiger partial charge in [-0.2, -0.15) is 5.10 Å². The minimum Gasteiger partial charge on any atom is -0.285 e. The molecule has 0 aliphatic carbocycles. The summed E-state index contributed by atoms with van der Waals surface area (Å²) in [4.78, 5) is 0.0742. The monoisotopic (exact) mass is 271 g/mol. The van der Waals surface area contributed by atoms with Crippen LogP contribution in [-0.4, -0.2) is 18.6 Å². The Morgan fingerprint density at radius 3 is 2.76 bits per heavy atom. The predicted molar refractivity (Wildman–Crippen MR) is 64.1 cm³/mol. The van der Waals surface area contributed by atoms with Gasteiger partial charge in [-0.15, -0.1) is 0 Å². The quantitative estimate of drug-likeness (QED) is 0.886. The number of H-pyrrole nitrogens is 1. The molecule has 0 aliphatic heterocycles. The highest BCUT2D eigenvalue weighted by molar-refractivity contribution is 7.89. The van der Waals surface area contributed by atoms with Crippen LogP contribution in [0.15, 0.2) is 41.6 Å². The molecule has 0 saturated heterocycles. The summed E-state index contributed by atoms with van der Waals surface area (Å²) in [7, 11) is -3.59. The minimum atomic E-state index is -3.59. The molecule has 7 heteroatoms. The van der Waals surface area contributed by atoms with E-state index in [9.17, 15) is 8.42 Å². The molecule has 0 spiro atoms. The van der Waals surface area contributed by atoms with Crippen LogP contribution in [0.25, 0.3) is 0 Å². The minimum absolute atomic E-state index is 0.0742. The van der Waals surface area contributed by atoms with Gasteiger partial charge >= 0.3 is 0 Å². The smallest absolute Gasteiger partial charge is 0.242 e. The average Bonchev–Trinajstić information content (AvgIpc) is 2.80. The standard InChI is InChI=1S/C10H10ClN3O2S/c11-9-3-1-2-4-10(9)17(15,16)14-7-8-5-12-13-6-8/h1-6,14H,7H2,(H,12,13). The van der Waals surface area contributed by atoms with Gasteiger partial charge in [0.25, 0.3) is 0 Å². The van der Waals surface area contributed by atoms with E-state index in [0.717, 1.165) is 5.56 Å². The highest BCUT2D eigenvalue weighted by atomic mass is 35.5. The second-order valence-electron chi connectivity index (χ2n) is 3.36. The summed E-state index contributed by atoms with van der Waals surface area (Å²) in [5, 5.41) is 6.53. The van der Waals surface area contributed by atoms with Crippen molar-refractivity contribution in [2.45, 2.75) is 11.4 Å². The summed E-state index contributed by atoms with van der Waals surface area (Å²) < 4.78 is 26.3. The number of nitrogens with zero attached hydrogens (tertiary/aromatic N) is 1. The van der Waals surface area contributed by atoms with E-state index in [1.54, 1.807) is 24.5 Å². The molecule has 17 heavy (non-hydrogen) atoms. The van der Waals surface area contributed by atoms with Crippen LogP contribution < -0.4 is 4.72 Å². The molecule has 0 saturated carbocycles. The highest BCUT2D eigenvalue weighted by Gasteiger charge is 2.16. The Balaban J connectivity index is 2.17. The summed E-state index contributed by atoms with van der Waals surface area (Å²) in [6.45, 7) is 0.171. The third kappa shape index (κ3) is 2.85. The Morgan fingerprint density at radius 1 is 1.35 bits per heavy atom. The van der Waals surface area contributed by atoms with Crippen LogP contribution in [0.4, 0.5) is 0 Å². The number of rotatable bonds is 4. The van der Waals surface area contributed by atoms with Crippen molar-refractivity contribution in [2.24, 2.45) is 0 Å². The van der Waals surface area contributed by atoms with Gasteiger partial charge in [-0.05, 0) is 12.1 Å². The Bertz CT molecular complexity index is 596. The van der Waals surface area contributed by atoms with E-state index in [1.165, 1.54) is 12.1 Å². The normalized spacial score (nSPS) is 11.6. The van der Waals surface area contributed by atoms with Crippen LogP contribution in [0, 0.1) is 0 Å². The maximum Gasteiger partial charge on any atom is 0.242 e. The van der Waals surface area contributed by atoms with Gasteiger partial charge in [-0.25, -0.2) is 13.1 Å². The number of hydrogen-bond donors (Lipinski definition) is 2. The number of benzene rings is 1. The van der Waals surface area contributed by atoms with Gasteiger partial charge in [0, 0.05) is 18.3 Å². The first-order valence-electron chi connectivity index (χ1n) is 4.81. The van der Waals surface area contributed by atoms with Crippen LogP contribution in [-0.2, 0) is 16.6 Å². The lowest BCUT2D eigenvalue weighted by molar-refractivity contribution is 0.581. The van der Waals surface area contributed by atoms with Crippen molar-refractivity contribution in [1.82, 2.24) is 14.9 Å². The van der Waals surface area contributed by atoms with Crippen LogP contribution in [0.5, 0.6) is 0 Å². The second kappa shape index (κ2) is 4.87. The first-order chi connectivity index (χ1) is 8.09. The molecule has 1 aromatic heterocycles. The fourth-order valence-electron chi connectivity index (χ4n) is 1.29. The van der Waals surface area contributed by atoms with E-state index in [1.807, 2.05) is 0 Å². The van der Waals surface area contributed by atoms with Gasteiger partial charge in [0.2, 0.25) is 10.0 Å².